The van der Waals surface area contributed by atoms with E-state index >= 15 is 0 Å². The number of hydrogen-bond acceptors (Lipinski definition) is 1. The molecule has 0 aromatic carbocycles. The molecule has 0 aromatic heterocycles. The van der Waals surface area contributed by atoms with Gasteiger partial charge in [0.1, 0.15) is 0 Å². The van der Waals surface area contributed by atoms with Crippen molar-refractivity contribution in [2.24, 2.45) is 0 Å². The summed E-state index contributed by atoms with van der Waals surface area (Å²) in [5.74, 6) is -39.1. The number of piperidine rings is 1. The minimum absolute atomic E-state index is 0.0155. The van der Waals surface area contributed by atoms with E-state index in [1.807, 2.05) is 0 Å². The summed E-state index contributed by atoms with van der Waals surface area (Å²) in [6.07, 6.45) is 0.192. The summed E-state index contributed by atoms with van der Waals surface area (Å²) >= 11 is 0. The number of likely N-dealkylation sites (tertiary alicyclic amines) is 1. The van der Waals surface area contributed by atoms with Gasteiger partial charge in [-0.2, -0.15) is 43.9 Å². The maximum Gasteiger partial charge on any atom is 0.384 e. The number of nitrogens with zero attached hydrogens (tertiary/aromatic N) is 1. The molecule has 158 valence electrons. The molecule has 0 N–H and O–H groups in total. The molecular weight excluding hydrogens is 407 g/mol. The summed E-state index contributed by atoms with van der Waals surface area (Å²) < 4.78 is 151. The molecule has 2 rings (SSSR count). The Hall–Kier alpha value is -1.30. The monoisotopic (exact) mass is 421 g/mol. The molecule has 1 heterocycles. The Morgan fingerprint density at radius 1 is 0.778 bits per heavy atom. The molecule has 27 heavy (non-hydrogen) atoms. The van der Waals surface area contributed by atoms with Crippen molar-refractivity contribution in [3.05, 3.63) is 0 Å². The van der Waals surface area contributed by atoms with Crippen molar-refractivity contribution < 1.29 is 53.1 Å². The summed E-state index contributed by atoms with van der Waals surface area (Å²) in [4.78, 5) is 12.2. The van der Waals surface area contributed by atoms with E-state index < -0.39 is 53.8 Å². The molecule has 2 fully saturated rings. The third-order valence-electron chi connectivity index (χ3n) is 5.10. The molecule has 13 heteroatoms. The third-order valence-corrected chi connectivity index (χ3v) is 5.10. The van der Waals surface area contributed by atoms with Gasteiger partial charge in [-0.25, -0.2) is 4.39 Å². The summed E-state index contributed by atoms with van der Waals surface area (Å²) in [5, 5.41) is 0. The lowest BCUT2D eigenvalue weighted by Crippen LogP contribution is -2.86. The molecule has 1 atom stereocenters. The third kappa shape index (κ3) is 2.22. The molecule has 1 aliphatic heterocycles. The lowest BCUT2D eigenvalue weighted by Gasteiger charge is -2.53. The number of carbonyl (C=O) groups excluding carboxylic acids is 1. The number of rotatable bonds is 2. The highest BCUT2D eigenvalue weighted by atomic mass is 19.4. The fraction of sp³-hybridized carbons (Fsp3) is 0.929. The SMILES string of the molecule is CCC1CCCCN1C(=O)C1(F)C(F)(F)C(F)(F)C(F)(F)C(F)(F)C1(F)F. The van der Waals surface area contributed by atoms with Gasteiger partial charge in [-0.15, -0.1) is 0 Å². The van der Waals surface area contributed by atoms with Crippen LogP contribution in [0.2, 0.25) is 0 Å². The Balaban J connectivity index is 2.72. The highest BCUT2D eigenvalue weighted by molar-refractivity contribution is 5.89. The minimum atomic E-state index is -7.31. The van der Waals surface area contributed by atoms with E-state index in [1.54, 1.807) is 0 Å². The minimum Gasteiger partial charge on any atom is -0.337 e. The lowest BCUT2D eigenvalue weighted by atomic mass is 9.71. The largest absolute Gasteiger partial charge is 0.384 e. The molecule has 0 spiro atoms. The zero-order chi connectivity index (χ0) is 21.3. The highest BCUT2D eigenvalue weighted by Gasteiger charge is 3.03. The van der Waals surface area contributed by atoms with Gasteiger partial charge in [0.25, 0.3) is 5.91 Å². The molecule has 0 radical (unpaired) electrons. The van der Waals surface area contributed by atoms with Crippen molar-refractivity contribution in [3.63, 3.8) is 0 Å². The normalized spacial score (nSPS) is 32.7. The summed E-state index contributed by atoms with van der Waals surface area (Å²) in [7, 11) is 0. The van der Waals surface area contributed by atoms with Crippen LogP contribution in [0.15, 0.2) is 0 Å². The Morgan fingerprint density at radius 3 is 1.59 bits per heavy atom. The van der Waals surface area contributed by atoms with Crippen LogP contribution in [0.3, 0.4) is 0 Å². The van der Waals surface area contributed by atoms with Gasteiger partial charge < -0.3 is 4.90 Å². The maximum atomic E-state index is 14.8. The van der Waals surface area contributed by atoms with Gasteiger partial charge in [0.15, 0.2) is 0 Å². The van der Waals surface area contributed by atoms with Gasteiger partial charge in [-0.05, 0) is 25.7 Å². The lowest BCUT2D eigenvalue weighted by molar-refractivity contribution is -0.477. The molecule has 1 saturated carbocycles. The van der Waals surface area contributed by atoms with Crippen LogP contribution in [0.4, 0.5) is 48.3 Å². The Kier molecular flexibility index (Phi) is 4.77. The predicted molar refractivity (Wildman–Crippen MR) is 68.2 cm³/mol. The Bertz CT molecular complexity index is 588. The first-order valence-electron chi connectivity index (χ1n) is 7.85. The van der Waals surface area contributed by atoms with Crippen molar-refractivity contribution in [1.82, 2.24) is 4.90 Å². The summed E-state index contributed by atoms with van der Waals surface area (Å²) in [6, 6.07) is -1.17. The van der Waals surface area contributed by atoms with Crippen LogP contribution in [0.25, 0.3) is 0 Å². The van der Waals surface area contributed by atoms with Crippen molar-refractivity contribution >= 4 is 5.91 Å². The second-order valence-electron chi connectivity index (χ2n) is 6.59. The molecular formula is C14H14F11NO. The summed E-state index contributed by atoms with van der Waals surface area (Å²) in [5.41, 5.74) is -6.57. The first kappa shape index (κ1) is 22.0. The molecule has 0 aromatic rings. The standard InChI is InChI=1S/C14H14F11NO/c1-2-7-5-3-4-6-26(7)8(27)9(15)10(16,17)12(20,21)14(24,25)13(22,23)11(9,18)19/h7H,2-6H2,1H3. The van der Waals surface area contributed by atoms with Gasteiger partial charge in [0.2, 0.25) is 0 Å². The van der Waals surface area contributed by atoms with Gasteiger partial charge in [-0.1, -0.05) is 6.92 Å². The average Bonchev–Trinajstić information content (AvgIpc) is 2.58. The molecule has 0 bridgehead atoms. The first-order chi connectivity index (χ1) is 12.0. The van der Waals surface area contributed by atoms with E-state index in [2.05, 4.69) is 0 Å². The number of amides is 1. The van der Waals surface area contributed by atoms with Crippen LogP contribution in [-0.4, -0.2) is 58.7 Å². The maximum absolute atomic E-state index is 14.8. The quantitative estimate of drug-likeness (QED) is 0.594. The molecule has 2 aliphatic rings. The van der Waals surface area contributed by atoms with E-state index in [0.29, 0.717) is 6.42 Å². The number of carbonyl (C=O) groups is 1. The first-order valence-corrected chi connectivity index (χ1v) is 7.85. The fourth-order valence-electron chi connectivity index (χ4n) is 3.38. The summed E-state index contributed by atoms with van der Waals surface area (Å²) in [6.45, 7) is 0.679. The van der Waals surface area contributed by atoms with E-state index in [4.69, 9.17) is 0 Å². The molecule has 1 saturated heterocycles. The van der Waals surface area contributed by atoms with Crippen molar-refractivity contribution in [3.8, 4) is 0 Å². The number of alkyl halides is 11. The predicted octanol–water partition coefficient (Wildman–Crippen LogP) is 4.68. The topological polar surface area (TPSA) is 20.3 Å². The van der Waals surface area contributed by atoms with Crippen LogP contribution in [0, 0.1) is 0 Å². The molecule has 2 nitrogen and oxygen atoms in total. The smallest absolute Gasteiger partial charge is 0.337 e. The van der Waals surface area contributed by atoms with Crippen molar-refractivity contribution in [2.45, 2.75) is 73.9 Å². The molecule has 1 aliphatic carbocycles. The number of hydrogen-bond donors (Lipinski definition) is 0. The van der Waals surface area contributed by atoms with E-state index in [1.165, 1.54) is 6.92 Å². The zero-order valence-electron chi connectivity index (χ0n) is 13.6. The highest BCUT2D eigenvalue weighted by Crippen LogP contribution is 2.69. The van der Waals surface area contributed by atoms with Crippen molar-refractivity contribution in [2.75, 3.05) is 6.54 Å². The van der Waals surface area contributed by atoms with E-state index in [0.717, 1.165) is 0 Å². The Morgan fingerprint density at radius 2 is 1.19 bits per heavy atom. The van der Waals surface area contributed by atoms with Crippen LogP contribution in [-0.2, 0) is 4.79 Å². The van der Waals surface area contributed by atoms with E-state index in [9.17, 15) is 53.1 Å². The van der Waals surface area contributed by atoms with Crippen molar-refractivity contribution in [1.29, 1.82) is 0 Å². The molecule has 1 unspecified atom stereocenters. The van der Waals surface area contributed by atoms with Crippen LogP contribution >= 0.6 is 0 Å². The van der Waals surface area contributed by atoms with Crippen LogP contribution in [0.5, 0.6) is 0 Å². The van der Waals surface area contributed by atoms with Gasteiger partial charge in [0.05, 0.1) is 0 Å². The fourth-order valence-corrected chi connectivity index (χ4v) is 3.38. The molecule has 1 amide bonds. The van der Waals surface area contributed by atoms with Crippen LogP contribution in [0.1, 0.15) is 32.6 Å². The van der Waals surface area contributed by atoms with Gasteiger partial charge >= 0.3 is 35.3 Å². The van der Waals surface area contributed by atoms with Gasteiger partial charge in [0, 0.05) is 12.6 Å². The van der Waals surface area contributed by atoms with Gasteiger partial charge in [-0.3, -0.25) is 4.79 Å². The second kappa shape index (κ2) is 5.85. The zero-order valence-corrected chi connectivity index (χ0v) is 13.6. The Labute approximate surface area is 145 Å². The van der Waals surface area contributed by atoms with Crippen LogP contribution < -0.4 is 0 Å². The number of halogens is 11. The van der Waals surface area contributed by atoms with E-state index in [-0.39, 0.29) is 24.2 Å². The average molecular weight is 421 g/mol. The second-order valence-corrected chi connectivity index (χ2v) is 6.59.